The maximum absolute atomic E-state index is 13.0. The number of nitrogens with zero attached hydrogens (tertiary/aromatic N) is 2. The van der Waals surface area contributed by atoms with Crippen LogP contribution in [0.4, 0.5) is 11.5 Å². The summed E-state index contributed by atoms with van der Waals surface area (Å²) in [5.74, 6) is 1.39. The summed E-state index contributed by atoms with van der Waals surface area (Å²) in [6.45, 7) is 3.93. The Bertz CT molecular complexity index is 1240. The van der Waals surface area contributed by atoms with Crippen molar-refractivity contribution in [2.75, 3.05) is 17.3 Å². The molecule has 2 atom stereocenters. The predicted octanol–water partition coefficient (Wildman–Crippen LogP) is 4.89. The molecule has 5 rings (SSSR count). The molecule has 0 radical (unpaired) electrons. The smallest absolute Gasteiger partial charge is 0.257 e. The van der Waals surface area contributed by atoms with Gasteiger partial charge in [-0.25, -0.2) is 4.98 Å². The number of ether oxygens (including phenoxy) is 1. The molecule has 186 valence electrons. The Kier molecular flexibility index (Phi) is 6.63. The van der Waals surface area contributed by atoms with Crippen molar-refractivity contribution in [3.05, 3.63) is 83.0 Å². The van der Waals surface area contributed by atoms with Gasteiger partial charge in [-0.05, 0) is 75.9 Å². The molecule has 3 heterocycles. The molecule has 0 saturated carbocycles. The van der Waals surface area contributed by atoms with E-state index < -0.39 is 0 Å². The van der Waals surface area contributed by atoms with Crippen LogP contribution in [0.2, 0.25) is 0 Å². The van der Waals surface area contributed by atoms with Crippen LogP contribution in [0.5, 0.6) is 5.75 Å². The lowest BCUT2D eigenvalue weighted by molar-refractivity contribution is 0.0925. The number of aromatic nitrogens is 1. The first-order valence-corrected chi connectivity index (χ1v) is 12.5. The lowest BCUT2D eigenvalue weighted by Gasteiger charge is -2.40. The van der Waals surface area contributed by atoms with E-state index in [1.165, 1.54) is 0 Å². The lowest BCUT2D eigenvalue weighted by Crippen LogP contribution is -2.50. The first-order valence-electron chi connectivity index (χ1n) is 12.5. The number of anilines is 2. The number of piperidine rings is 1. The molecule has 2 saturated heterocycles. The summed E-state index contributed by atoms with van der Waals surface area (Å²) in [6, 6.07) is 17.8. The molecule has 2 N–H and O–H groups in total. The first kappa shape index (κ1) is 23.9. The zero-order chi connectivity index (χ0) is 25.2. The van der Waals surface area contributed by atoms with Crippen LogP contribution in [0.25, 0.3) is 0 Å². The fraction of sp³-hybridized carbons (Fsp3) is 0.345. The van der Waals surface area contributed by atoms with Crippen molar-refractivity contribution in [1.82, 2.24) is 10.3 Å². The number of nitrogens with one attached hydrogen (secondary N) is 2. The highest BCUT2D eigenvalue weighted by Gasteiger charge is 2.42. The van der Waals surface area contributed by atoms with Gasteiger partial charge >= 0.3 is 0 Å². The summed E-state index contributed by atoms with van der Waals surface area (Å²) in [4.78, 5) is 32.7. The van der Waals surface area contributed by atoms with Crippen molar-refractivity contribution < 1.29 is 14.3 Å². The van der Waals surface area contributed by atoms with E-state index in [1.807, 2.05) is 68.4 Å². The van der Waals surface area contributed by atoms with Crippen molar-refractivity contribution in [3.63, 3.8) is 0 Å². The van der Waals surface area contributed by atoms with Gasteiger partial charge < -0.3 is 20.3 Å². The maximum atomic E-state index is 13.0. The third-order valence-corrected chi connectivity index (χ3v) is 7.40. The average molecular weight is 485 g/mol. The van der Waals surface area contributed by atoms with Crippen molar-refractivity contribution >= 4 is 23.3 Å². The van der Waals surface area contributed by atoms with Crippen LogP contribution in [-0.2, 0) is 0 Å². The standard InChI is InChI=1S/C29H32N4O3/c1-18-7-10-21(11-8-18)31-28(34)20-9-14-27(30-17-20)33-23-12-13-24(33)16-22(15-23)32-29(35)25-5-4-6-26(36-3)19(25)2/h4-11,14,17,22-24H,12-13,15-16H2,1-3H3,(H,31,34)(H,32,35). The molecule has 7 heteroatoms. The number of hydrogen-bond acceptors (Lipinski definition) is 5. The van der Waals surface area contributed by atoms with Crippen LogP contribution in [0.1, 0.15) is 57.5 Å². The second-order valence-corrected chi connectivity index (χ2v) is 9.79. The molecule has 2 fully saturated rings. The van der Waals surface area contributed by atoms with Crippen LogP contribution < -0.4 is 20.3 Å². The number of benzene rings is 2. The topological polar surface area (TPSA) is 83.6 Å². The molecule has 2 aliphatic heterocycles. The Labute approximate surface area is 211 Å². The van der Waals surface area contributed by atoms with Gasteiger partial charge in [0.25, 0.3) is 11.8 Å². The zero-order valence-electron chi connectivity index (χ0n) is 21.0. The Balaban J connectivity index is 1.22. The van der Waals surface area contributed by atoms with Gasteiger partial charge in [-0.2, -0.15) is 0 Å². The van der Waals surface area contributed by atoms with Crippen molar-refractivity contribution in [2.45, 2.75) is 57.7 Å². The number of carbonyl (C=O) groups excluding carboxylic acids is 2. The highest BCUT2D eigenvalue weighted by molar-refractivity contribution is 6.04. The Hall–Kier alpha value is -3.87. The number of hydrogen-bond donors (Lipinski definition) is 2. The highest BCUT2D eigenvalue weighted by atomic mass is 16.5. The Morgan fingerprint density at radius 1 is 0.944 bits per heavy atom. The number of aryl methyl sites for hydroxylation is 1. The van der Waals surface area contributed by atoms with Gasteiger partial charge in [0.15, 0.2) is 0 Å². The van der Waals surface area contributed by atoms with E-state index in [4.69, 9.17) is 4.74 Å². The molecule has 0 aliphatic carbocycles. The van der Waals surface area contributed by atoms with Crippen LogP contribution >= 0.6 is 0 Å². The van der Waals surface area contributed by atoms with E-state index in [2.05, 4.69) is 20.5 Å². The van der Waals surface area contributed by atoms with E-state index in [1.54, 1.807) is 13.3 Å². The number of rotatable bonds is 6. The van der Waals surface area contributed by atoms with Gasteiger partial charge in [0.2, 0.25) is 0 Å². The molecule has 36 heavy (non-hydrogen) atoms. The van der Waals surface area contributed by atoms with Crippen LogP contribution in [0.15, 0.2) is 60.8 Å². The molecular weight excluding hydrogens is 452 g/mol. The fourth-order valence-electron chi connectivity index (χ4n) is 5.53. The largest absolute Gasteiger partial charge is 0.496 e. The van der Waals surface area contributed by atoms with E-state index in [0.717, 1.165) is 54.1 Å². The second-order valence-electron chi connectivity index (χ2n) is 9.79. The fourth-order valence-corrected chi connectivity index (χ4v) is 5.53. The summed E-state index contributed by atoms with van der Waals surface area (Å²) in [5, 5.41) is 6.18. The number of fused-ring (bicyclic) bond motifs is 2. The molecule has 2 bridgehead atoms. The van der Waals surface area contributed by atoms with Crippen molar-refractivity contribution in [1.29, 1.82) is 0 Å². The SMILES string of the molecule is COc1cccc(C(=O)NC2CC3CCC(C2)N3c2ccc(C(=O)Nc3ccc(C)cc3)cn2)c1C. The number of methoxy groups -OCH3 is 1. The maximum Gasteiger partial charge on any atom is 0.257 e. The second kappa shape index (κ2) is 10.0. The van der Waals surface area contributed by atoms with E-state index in [0.29, 0.717) is 23.2 Å². The van der Waals surface area contributed by atoms with Crippen LogP contribution in [-0.4, -0.2) is 42.0 Å². The number of amides is 2. The van der Waals surface area contributed by atoms with E-state index in [-0.39, 0.29) is 17.9 Å². The molecule has 7 nitrogen and oxygen atoms in total. The molecule has 0 spiro atoms. The van der Waals surface area contributed by atoms with Gasteiger partial charge in [0.05, 0.1) is 12.7 Å². The summed E-state index contributed by atoms with van der Waals surface area (Å²) in [5.41, 5.74) is 3.95. The summed E-state index contributed by atoms with van der Waals surface area (Å²) in [6.07, 6.45) is 5.56. The van der Waals surface area contributed by atoms with Gasteiger partial charge in [-0.1, -0.05) is 23.8 Å². The molecule has 2 amide bonds. The summed E-state index contributed by atoms with van der Waals surface area (Å²) >= 11 is 0. The first-order chi connectivity index (χ1) is 17.4. The van der Waals surface area contributed by atoms with E-state index >= 15 is 0 Å². The van der Waals surface area contributed by atoms with Crippen molar-refractivity contribution in [3.8, 4) is 5.75 Å². The molecule has 1 aromatic heterocycles. The van der Waals surface area contributed by atoms with Crippen molar-refractivity contribution in [2.24, 2.45) is 0 Å². The monoisotopic (exact) mass is 484 g/mol. The summed E-state index contributed by atoms with van der Waals surface area (Å²) < 4.78 is 5.37. The molecule has 2 aliphatic rings. The minimum absolute atomic E-state index is 0.0497. The minimum atomic E-state index is -0.171. The quantitative estimate of drug-likeness (QED) is 0.521. The number of carbonyl (C=O) groups is 2. The molecular formula is C29H32N4O3. The van der Waals surface area contributed by atoms with Gasteiger partial charge in [-0.15, -0.1) is 0 Å². The number of pyridine rings is 1. The molecule has 2 unspecified atom stereocenters. The Morgan fingerprint density at radius 2 is 1.67 bits per heavy atom. The van der Waals surface area contributed by atoms with Gasteiger partial charge in [-0.3, -0.25) is 9.59 Å². The average Bonchev–Trinajstić information content (AvgIpc) is 3.15. The molecule has 3 aromatic rings. The third-order valence-electron chi connectivity index (χ3n) is 7.40. The minimum Gasteiger partial charge on any atom is -0.496 e. The predicted molar refractivity (Wildman–Crippen MR) is 141 cm³/mol. The normalized spacial score (nSPS) is 20.6. The van der Waals surface area contributed by atoms with Gasteiger partial charge in [0, 0.05) is 41.1 Å². The van der Waals surface area contributed by atoms with Gasteiger partial charge in [0.1, 0.15) is 11.6 Å². The lowest BCUT2D eigenvalue weighted by atomic mass is 9.96. The summed E-state index contributed by atoms with van der Waals surface area (Å²) in [7, 11) is 1.62. The van der Waals surface area contributed by atoms with Crippen LogP contribution in [0, 0.1) is 13.8 Å². The molecule has 2 aromatic carbocycles. The zero-order valence-corrected chi connectivity index (χ0v) is 21.0. The van der Waals surface area contributed by atoms with E-state index in [9.17, 15) is 9.59 Å². The Morgan fingerprint density at radius 3 is 2.31 bits per heavy atom. The van der Waals surface area contributed by atoms with Crippen LogP contribution in [0.3, 0.4) is 0 Å². The highest BCUT2D eigenvalue weighted by Crippen LogP contribution is 2.38. The third kappa shape index (κ3) is 4.78.